The summed E-state index contributed by atoms with van der Waals surface area (Å²) in [5.41, 5.74) is 6.86. The van der Waals surface area contributed by atoms with Crippen LogP contribution in [-0.2, 0) is 28.7 Å². The molecule has 0 fully saturated rings. The summed E-state index contributed by atoms with van der Waals surface area (Å²) >= 11 is 0. The van der Waals surface area contributed by atoms with Crippen molar-refractivity contribution in [1.82, 2.24) is 15.5 Å². The minimum atomic E-state index is -1.35. The number of benzene rings is 1. The fourth-order valence-electron chi connectivity index (χ4n) is 3.92. The molecule has 2 unspecified atom stereocenters. The molecular formula is C27H42N4O7. The van der Waals surface area contributed by atoms with E-state index in [1.165, 1.54) is 4.90 Å². The van der Waals surface area contributed by atoms with Crippen molar-refractivity contribution < 1.29 is 33.4 Å². The molecule has 212 valence electrons. The van der Waals surface area contributed by atoms with E-state index in [1.54, 1.807) is 39.8 Å². The molecule has 11 nitrogen and oxygen atoms in total. The van der Waals surface area contributed by atoms with Gasteiger partial charge >= 0.3 is 12.1 Å². The molecule has 2 atom stereocenters. The molecule has 0 bridgehead atoms. The first kappa shape index (κ1) is 32.4. The van der Waals surface area contributed by atoms with Crippen LogP contribution in [0.15, 0.2) is 18.2 Å². The summed E-state index contributed by atoms with van der Waals surface area (Å²) in [6.07, 6.45) is -0.928. The maximum Gasteiger partial charge on any atom is 0.408 e. The van der Waals surface area contributed by atoms with Crippen molar-refractivity contribution in [2.24, 2.45) is 5.73 Å². The molecule has 0 aliphatic heterocycles. The average molecular weight is 535 g/mol. The molecule has 4 amide bonds. The number of carbonyl (C=O) groups excluding carboxylic acids is 5. The van der Waals surface area contributed by atoms with Gasteiger partial charge in [-0.05, 0) is 53.5 Å². The smallest absolute Gasteiger partial charge is 0.408 e. The van der Waals surface area contributed by atoms with Crippen LogP contribution in [0.1, 0.15) is 76.6 Å². The number of carbonyl (C=O) groups is 5. The van der Waals surface area contributed by atoms with Gasteiger partial charge in [0.1, 0.15) is 17.7 Å². The lowest BCUT2D eigenvalue weighted by Gasteiger charge is -2.34. The van der Waals surface area contributed by atoms with Crippen LogP contribution in [0.5, 0.6) is 0 Å². The maximum absolute atomic E-state index is 13.8. The summed E-state index contributed by atoms with van der Waals surface area (Å²) in [6.45, 7) is 12.6. The SMILES string of the molecule is CCCN(C(=O)C(CC(N)=O)NC(=O)OC(C)(C)C)C(C(=O)NCCC(=O)OCC)c1cc(C)cc(C)c1. The second-order valence-electron chi connectivity index (χ2n) is 10.1. The molecule has 0 saturated heterocycles. The monoisotopic (exact) mass is 534 g/mol. The molecule has 0 spiro atoms. The zero-order valence-electron chi connectivity index (χ0n) is 23.5. The molecule has 11 heteroatoms. The van der Waals surface area contributed by atoms with Gasteiger partial charge in [-0.1, -0.05) is 36.2 Å². The van der Waals surface area contributed by atoms with Gasteiger partial charge in [0, 0.05) is 13.1 Å². The summed E-state index contributed by atoms with van der Waals surface area (Å²) in [7, 11) is 0. The Hall–Kier alpha value is -3.63. The Balaban J connectivity index is 3.43. The zero-order valence-corrected chi connectivity index (χ0v) is 23.5. The molecule has 38 heavy (non-hydrogen) atoms. The number of nitrogens with two attached hydrogens (primary N) is 1. The molecule has 0 aromatic heterocycles. The third kappa shape index (κ3) is 11.2. The second-order valence-corrected chi connectivity index (χ2v) is 10.1. The first-order chi connectivity index (χ1) is 17.7. The summed E-state index contributed by atoms with van der Waals surface area (Å²) in [6, 6.07) is 3.07. The lowest BCUT2D eigenvalue weighted by atomic mass is 9.98. The van der Waals surface area contributed by atoms with E-state index in [-0.39, 0.29) is 26.1 Å². The highest BCUT2D eigenvalue weighted by molar-refractivity contribution is 5.94. The first-order valence-electron chi connectivity index (χ1n) is 12.8. The highest BCUT2D eigenvalue weighted by Gasteiger charge is 2.36. The summed E-state index contributed by atoms with van der Waals surface area (Å²) in [4.78, 5) is 64.7. The Morgan fingerprint density at radius 3 is 2.13 bits per heavy atom. The van der Waals surface area contributed by atoms with Crippen LogP contribution >= 0.6 is 0 Å². The Labute approximate surface area is 224 Å². The van der Waals surface area contributed by atoms with E-state index in [0.29, 0.717) is 12.0 Å². The van der Waals surface area contributed by atoms with Gasteiger partial charge in [-0.15, -0.1) is 0 Å². The van der Waals surface area contributed by atoms with Gasteiger partial charge in [0.15, 0.2) is 0 Å². The van der Waals surface area contributed by atoms with Crippen LogP contribution in [-0.4, -0.2) is 66.0 Å². The molecule has 0 saturated carbocycles. The second kappa shape index (κ2) is 14.9. The van der Waals surface area contributed by atoms with E-state index >= 15 is 0 Å². The molecule has 1 rings (SSSR count). The van der Waals surface area contributed by atoms with Crippen LogP contribution in [0.3, 0.4) is 0 Å². The minimum Gasteiger partial charge on any atom is -0.466 e. The van der Waals surface area contributed by atoms with Gasteiger partial charge in [-0.2, -0.15) is 0 Å². The third-order valence-corrected chi connectivity index (χ3v) is 5.20. The number of ether oxygens (including phenoxy) is 2. The molecule has 0 radical (unpaired) electrons. The number of aryl methyl sites for hydroxylation is 2. The normalized spacial score (nSPS) is 12.6. The third-order valence-electron chi connectivity index (χ3n) is 5.20. The number of alkyl carbamates (subject to hydrolysis) is 1. The van der Waals surface area contributed by atoms with Gasteiger partial charge in [0.05, 0.1) is 19.4 Å². The van der Waals surface area contributed by atoms with Crippen LogP contribution in [0.2, 0.25) is 0 Å². The van der Waals surface area contributed by atoms with E-state index in [2.05, 4.69) is 10.6 Å². The van der Waals surface area contributed by atoms with Gasteiger partial charge in [-0.3, -0.25) is 19.2 Å². The molecule has 1 aromatic rings. The number of hydrogen-bond donors (Lipinski definition) is 3. The molecule has 4 N–H and O–H groups in total. The Morgan fingerprint density at radius 2 is 1.63 bits per heavy atom. The van der Waals surface area contributed by atoms with Crippen molar-refractivity contribution >= 4 is 29.8 Å². The van der Waals surface area contributed by atoms with E-state index < -0.39 is 53.9 Å². The summed E-state index contributed by atoms with van der Waals surface area (Å²) < 4.78 is 10.2. The number of hydrogen-bond acceptors (Lipinski definition) is 7. The first-order valence-corrected chi connectivity index (χ1v) is 12.8. The number of esters is 1. The van der Waals surface area contributed by atoms with Crippen LogP contribution < -0.4 is 16.4 Å². The van der Waals surface area contributed by atoms with Crippen molar-refractivity contribution in [3.05, 3.63) is 34.9 Å². The van der Waals surface area contributed by atoms with E-state index in [4.69, 9.17) is 15.2 Å². The largest absolute Gasteiger partial charge is 0.466 e. The Bertz CT molecular complexity index is 983. The topological polar surface area (TPSA) is 157 Å². The zero-order chi connectivity index (χ0) is 29.0. The maximum atomic E-state index is 13.8. The molecule has 0 aliphatic carbocycles. The van der Waals surface area contributed by atoms with Crippen LogP contribution in [0.25, 0.3) is 0 Å². The number of nitrogens with one attached hydrogen (secondary N) is 2. The van der Waals surface area contributed by atoms with Crippen molar-refractivity contribution in [2.75, 3.05) is 19.7 Å². The van der Waals surface area contributed by atoms with Crippen molar-refractivity contribution in [3.8, 4) is 0 Å². The predicted molar refractivity (Wildman–Crippen MR) is 142 cm³/mol. The quantitative estimate of drug-likeness (QED) is 0.328. The summed E-state index contributed by atoms with van der Waals surface area (Å²) in [5.74, 6) is -2.45. The summed E-state index contributed by atoms with van der Waals surface area (Å²) in [5, 5.41) is 5.16. The van der Waals surface area contributed by atoms with Crippen molar-refractivity contribution in [2.45, 2.75) is 85.4 Å². The fraction of sp³-hybridized carbons (Fsp3) is 0.593. The Kier molecular flexibility index (Phi) is 12.7. The van der Waals surface area contributed by atoms with Gasteiger partial charge in [-0.25, -0.2) is 4.79 Å². The fourth-order valence-corrected chi connectivity index (χ4v) is 3.92. The lowest BCUT2D eigenvalue weighted by molar-refractivity contribution is -0.144. The van der Waals surface area contributed by atoms with Crippen LogP contribution in [0, 0.1) is 13.8 Å². The molecule has 0 heterocycles. The van der Waals surface area contributed by atoms with E-state index in [1.807, 2.05) is 26.8 Å². The average Bonchev–Trinajstić information content (AvgIpc) is 2.75. The number of primary amides is 1. The van der Waals surface area contributed by atoms with Gasteiger partial charge in [0.25, 0.3) is 0 Å². The highest BCUT2D eigenvalue weighted by atomic mass is 16.6. The Morgan fingerprint density at radius 1 is 1.03 bits per heavy atom. The van der Waals surface area contributed by atoms with E-state index in [0.717, 1.165) is 11.1 Å². The van der Waals surface area contributed by atoms with Gasteiger partial charge < -0.3 is 30.7 Å². The standard InChI is InChI=1S/C27H42N4O7/c1-8-12-31(25(35)20(16-21(28)32)30-26(36)38-27(5,6)7)23(19-14-17(3)13-18(4)15-19)24(34)29-11-10-22(33)37-9-2/h13-15,20,23H,8-12,16H2,1-7H3,(H2,28,32)(H,29,34)(H,30,36). The van der Waals surface area contributed by atoms with Crippen LogP contribution in [0.4, 0.5) is 4.79 Å². The minimum absolute atomic E-state index is 0.00793. The molecule has 1 aromatic carbocycles. The van der Waals surface area contributed by atoms with Crippen molar-refractivity contribution in [1.29, 1.82) is 0 Å². The molecule has 0 aliphatic rings. The number of amides is 4. The number of rotatable bonds is 13. The predicted octanol–water partition coefficient (Wildman–Crippen LogP) is 2.42. The highest BCUT2D eigenvalue weighted by Crippen LogP contribution is 2.25. The number of nitrogens with zero attached hydrogens (tertiary/aromatic N) is 1. The van der Waals surface area contributed by atoms with Gasteiger partial charge in [0.2, 0.25) is 17.7 Å². The lowest BCUT2D eigenvalue weighted by Crippen LogP contribution is -2.54. The van der Waals surface area contributed by atoms with Crippen molar-refractivity contribution in [3.63, 3.8) is 0 Å². The van der Waals surface area contributed by atoms with E-state index in [9.17, 15) is 24.0 Å². The molecular weight excluding hydrogens is 492 g/mol.